The van der Waals surface area contributed by atoms with Crippen LogP contribution < -0.4 is 5.32 Å². The van der Waals surface area contributed by atoms with E-state index in [1.165, 1.54) is 10.9 Å². The summed E-state index contributed by atoms with van der Waals surface area (Å²) in [7, 11) is 0. The quantitative estimate of drug-likeness (QED) is 0.331. The molecule has 0 saturated heterocycles. The van der Waals surface area contributed by atoms with Crippen LogP contribution in [0.2, 0.25) is 0 Å². The molecule has 4 aromatic carbocycles. The van der Waals surface area contributed by atoms with E-state index < -0.39 is 0 Å². The average Bonchev–Trinajstić information content (AvgIpc) is 3.43. The topological polar surface area (TPSA) is 60.1 Å². The Bertz CT molecular complexity index is 1640. The number of carbonyl (C=O) groups is 1. The molecule has 2 heterocycles. The first-order valence-corrected chi connectivity index (χ1v) is 11.0. The Balaban J connectivity index is 1.33. The fraction of sp³-hybridized carbons (Fsp3) is 0.0714. The molecule has 33 heavy (non-hydrogen) atoms. The molecule has 5 heteroatoms. The van der Waals surface area contributed by atoms with Crippen LogP contribution in [-0.2, 0) is 6.54 Å². The molecule has 0 aliphatic heterocycles. The van der Waals surface area contributed by atoms with Gasteiger partial charge in [-0.25, -0.2) is 0 Å². The smallest absolute Gasteiger partial charge is 0.255 e. The Kier molecular flexibility index (Phi) is 4.47. The summed E-state index contributed by atoms with van der Waals surface area (Å²) in [5, 5.41) is 10.4. The normalized spacial score (nSPS) is 11.4. The van der Waals surface area contributed by atoms with Crippen molar-refractivity contribution in [2.24, 2.45) is 0 Å². The van der Waals surface area contributed by atoms with Crippen molar-refractivity contribution in [2.75, 3.05) is 5.32 Å². The number of fused-ring (bicyclic) bond motifs is 4. The summed E-state index contributed by atoms with van der Waals surface area (Å²) >= 11 is 0. The molecule has 0 saturated carbocycles. The third-order valence-corrected chi connectivity index (χ3v) is 6.12. The molecule has 0 spiro atoms. The van der Waals surface area contributed by atoms with Crippen molar-refractivity contribution in [3.63, 3.8) is 0 Å². The lowest BCUT2D eigenvalue weighted by Gasteiger charge is -2.07. The van der Waals surface area contributed by atoms with Crippen LogP contribution >= 0.6 is 0 Å². The maximum Gasteiger partial charge on any atom is 0.255 e. The molecule has 0 atom stereocenters. The summed E-state index contributed by atoms with van der Waals surface area (Å²) in [6.45, 7) is 3.03. The summed E-state index contributed by atoms with van der Waals surface area (Å²) < 4.78 is 7.86. The van der Waals surface area contributed by atoms with Gasteiger partial charge >= 0.3 is 0 Å². The van der Waals surface area contributed by atoms with Crippen molar-refractivity contribution >= 4 is 44.3 Å². The molecule has 6 aromatic rings. The van der Waals surface area contributed by atoms with Gasteiger partial charge < -0.3 is 14.4 Å². The Morgan fingerprint density at radius 2 is 1.64 bits per heavy atom. The van der Waals surface area contributed by atoms with Crippen LogP contribution in [0.25, 0.3) is 44.0 Å². The Morgan fingerprint density at radius 3 is 2.48 bits per heavy atom. The zero-order valence-electron chi connectivity index (χ0n) is 18.1. The average molecular weight is 431 g/mol. The summed E-state index contributed by atoms with van der Waals surface area (Å²) in [5.74, 6) is 0.523. The third kappa shape index (κ3) is 3.17. The van der Waals surface area contributed by atoms with E-state index in [0.29, 0.717) is 16.8 Å². The highest BCUT2D eigenvalue weighted by atomic mass is 16.5. The summed E-state index contributed by atoms with van der Waals surface area (Å²) in [4.78, 5) is 13.0. The van der Waals surface area contributed by atoms with Gasteiger partial charge in [-0.15, -0.1) is 0 Å². The number of nitrogens with one attached hydrogen (secondary N) is 1. The van der Waals surface area contributed by atoms with Gasteiger partial charge in [-0.2, -0.15) is 0 Å². The second kappa shape index (κ2) is 7.64. The number of rotatable bonds is 4. The molecular weight excluding hydrogens is 410 g/mol. The van der Waals surface area contributed by atoms with Crippen molar-refractivity contribution in [3.8, 4) is 11.3 Å². The number of anilines is 1. The summed E-state index contributed by atoms with van der Waals surface area (Å²) in [6, 6.07) is 29.7. The third-order valence-electron chi connectivity index (χ3n) is 6.12. The zero-order valence-corrected chi connectivity index (χ0v) is 18.1. The number of para-hydroxylation sites is 1. The molecular formula is C28H21N3O2. The largest absolute Gasteiger partial charge is 0.355 e. The zero-order chi connectivity index (χ0) is 22.4. The highest BCUT2D eigenvalue weighted by Crippen LogP contribution is 2.32. The van der Waals surface area contributed by atoms with Gasteiger partial charge in [0.2, 0.25) is 0 Å². The van der Waals surface area contributed by atoms with Gasteiger partial charge in [0.1, 0.15) is 5.52 Å². The fourth-order valence-corrected chi connectivity index (χ4v) is 4.56. The monoisotopic (exact) mass is 431 g/mol. The predicted octanol–water partition coefficient (Wildman–Crippen LogP) is 6.87. The SMILES string of the molecule is CCn1c2ccccc2c2cc(NC(=O)c3ccc4c(-c5ccccc5)onc4c3)ccc21. The minimum Gasteiger partial charge on any atom is -0.355 e. The first-order chi connectivity index (χ1) is 16.2. The highest BCUT2D eigenvalue weighted by molar-refractivity contribution is 6.11. The van der Waals surface area contributed by atoms with Crippen LogP contribution in [0.1, 0.15) is 17.3 Å². The van der Waals surface area contributed by atoms with Crippen LogP contribution in [0.15, 0.2) is 95.5 Å². The van der Waals surface area contributed by atoms with Gasteiger partial charge in [0.25, 0.3) is 5.91 Å². The molecule has 160 valence electrons. The van der Waals surface area contributed by atoms with Crippen LogP contribution in [0.4, 0.5) is 5.69 Å². The Morgan fingerprint density at radius 1 is 0.848 bits per heavy atom. The minimum atomic E-state index is -0.181. The number of aryl methyl sites for hydroxylation is 1. The van der Waals surface area contributed by atoms with Crippen molar-refractivity contribution in [3.05, 3.63) is 96.6 Å². The number of amides is 1. The molecule has 5 nitrogen and oxygen atoms in total. The van der Waals surface area contributed by atoms with E-state index in [-0.39, 0.29) is 5.91 Å². The minimum absolute atomic E-state index is 0.181. The van der Waals surface area contributed by atoms with Gasteiger partial charge in [0, 0.05) is 50.6 Å². The Labute approximate surface area is 190 Å². The molecule has 2 aromatic heterocycles. The lowest BCUT2D eigenvalue weighted by atomic mass is 10.1. The molecule has 0 radical (unpaired) electrons. The molecule has 0 aliphatic rings. The molecule has 0 unspecified atom stereocenters. The standard InChI is InChI=1S/C28H21N3O2/c1-2-31-25-11-7-6-10-21(25)23-17-20(13-15-26(23)31)29-28(32)19-12-14-22-24(16-19)30-33-27(22)18-8-4-3-5-9-18/h3-17H,2H2,1H3,(H,29,32). The van der Waals surface area contributed by atoms with Gasteiger partial charge in [-0.1, -0.05) is 53.7 Å². The lowest BCUT2D eigenvalue weighted by Crippen LogP contribution is -2.11. The second-order valence-corrected chi connectivity index (χ2v) is 8.06. The second-order valence-electron chi connectivity index (χ2n) is 8.06. The van der Waals surface area contributed by atoms with Crippen LogP contribution in [0.3, 0.4) is 0 Å². The van der Waals surface area contributed by atoms with E-state index in [9.17, 15) is 4.79 Å². The molecule has 0 aliphatic carbocycles. The highest BCUT2D eigenvalue weighted by Gasteiger charge is 2.15. The number of benzene rings is 4. The predicted molar refractivity (Wildman–Crippen MR) is 133 cm³/mol. The van der Waals surface area contributed by atoms with E-state index >= 15 is 0 Å². The van der Waals surface area contributed by atoms with E-state index in [0.717, 1.165) is 34.1 Å². The van der Waals surface area contributed by atoms with Gasteiger partial charge in [0.15, 0.2) is 5.76 Å². The van der Waals surface area contributed by atoms with Gasteiger partial charge in [-0.05, 0) is 49.4 Å². The van der Waals surface area contributed by atoms with Crippen molar-refractivity contribution < 1.29 is 9.32 Å². The number of carbonyl (C=O) groups excluding carboxylic acids is 1. The fourth-order valence-electron chi connectivity index (χ4n) is 4.56. The molecule has 0 fully saturated rings. The molecule has 1 amide bonds. The van der Waals surface area contributed by atoms with Crippen LogP contribution in [-0.4, -0.2) is 15.6 Å². The van der Waals surface area contributed by atoms with Gasteiger partial charge in [-0.3, -0.25) is 4.79 Å². The van der Waals surface area contributed by atoms with E-state index in [2.05, 4.69) is 46.2 Å². The van der Waals surface area contributed by atoms with Crippen molar-refractivity contribution in [1.29, 1.82) is 0 Å². The molecule has 0 bridgehead atoms. The lowest BCUT2D eigenvalue weighted by molar-refractivity contribution is 0.102. The Hall–Kier alpha value is -4.38. The molecule has 6 rings (SSSR count). The van der Waals surface area contributed by atoms with Crippen molar-refractivity contribution in [1.82, 2.24) is 9.72 Å². The maximum atomic E-state index is 13.0. The summed E-state index contributed by atoms with van der Waals surface area (Å²) in [6.07, 6.45) is 0. The first kappa shape index (κ1) is 19.3. The number of hydrogen-bond acceptors (Lipinski definition) is 3. The number of aromatic nitrogens is 2. The molecule has 1 N–H and O–H groups in total. The maximum absolute atomic E-state index is 13.0. The number of hydrogen-bond donors (Lipinski definition) is 1. The van der Waals surface area contributed by atoms with E-state index in [4.69, 9.17) is 4.52 Å². The van der Waals surface area contributed by atoms with E-state index in [1.54, 1.807) is 6.07 Å². The number of nitrogens with zero attached hydrogens (tertiary/aromatic N) is 2. The van der Waals surface area contributed by atoms with Crippen LogP contribution in [0, 0.1) is 0 Å². The van der Waals surface area contributed by atoms with E-state index in [1.807, 2.05) is 60.7 Å². The summed E-state index contributed by atoms with van der Waals surface area (Å²) in [5.41, 5.74) is 5.27. The van der Waals surface area contributed by atoms with Crippen molar-refractivity contribution in [2.45, 2.75) is 13.5 Å². The first-order valence-electron chi connectivity index (χ1n) is 11.0. The van der Waals surface area contributed by atoms with Gasteiger partial charge in [0.05, 0.1) is 0 Å². The van der Waals surface area contributed by atoms with Crippen LogP contribution in [0.5, 0.6) is 0 Å².